The summed E-state index contributed by atoms with van der Waals surface area (Å²) in [6, 6.07) is 0. The molecule has 1 amide bonds. The van der Waals surface area contributed by atoms with Gasteiger partial charge in [-0.15, -0.1) is 0 Å². The van der Waals surface area contributed by atoms with E-state index in [-0.39, 0.29) is 5.91 Å². The number of carbonyl (C=O) groups is 1. The summed E-state index contributed by atoms with van der Waals surface area (Å²) in [5, 5.41) is 4.10. The minimum absolute atomic E-state index is 0.152. The average molecular weight is 314 g/mol. The van der Waals surface area contributed by atoms with Gasteiger partial charge in [0, 0.05) is 11.9 Å². The van der Waals surface area contributed by atoms with Crippen molar-refractivity contribution in [2.75, 3.05) is 18.9 Å². The lowest BCUT2D eigenvalue weighted by molar-refractivity contribution is -0.126. The van der Waals surface area contributed by atoms with E-state index in [2.05, 4.69) is 19.2 Å². The molecule has 0 bridgehead atoms. The van der Waals surface area contributed by atoms with E-state index in [1.54, 1.807) is 0 Å². The average Bonchev–Trinajstić information content (AvgIpc) is 3.04. The Kier molecular flexibility index (Phi) is 6.38. The van der Waals surface area contributed by atoms with Gasteiger partial charge in [-0.2, -0.15) is 11.8 Å². The molecule has 0 aromatic carbocycles. The lowest BCUT2D eigenvalue weighted by Gasteiger charge is -2.34. The van der Waals surface area contributed by atoms with Crippen LogP contribution in [0.25, 0.3) is 0 Å². The Balaban J connectivity index is 1.86. The van der Waals surface area contributed by atoms with Crippen molar-refractivity contribution in [3.63, 3.8) is 0 Å². The van der Waals surface area contributed by atoms with Crippen LogP contribution in [-0.4, -0.2) is 41.7 Å². The van der Waals surface area contributed by atoms with Crippen molar-refractivity contribution >= 4 is 17.7 Å². The molecule has 2 rings (SSSR count). The highest BCUT2D eigenvalue weighted by molar-refractivity contribution is 7.99. The van der Waals surface area contributed by atoms with E-state index in [9.17, 15) is 4.79 Å². The van der Waals surface area contributed by atoms with E-state index < -0.39 is 5.54 Å². The number of carbonyl (C=O) groups excluding carboxylic acids is 1. The van der Waals surface area contributed by atoms with Crippen molar-refractivity contribution in [3.8, 4) is 0 Å². The molecule has 1 aliphatic heterocycles. The molecule has 0 aromatic rings. The summed E-state index contributed by atoms with van der Waals surface area (Å²) in [6.07, 6.45) is 6.78. The molecule has 4 atom stereocenters. The zero-order chi connectivity index (χ0) is 15.3. The van der Waals surface area contributed by atoms with Crippen LogP contribution in [0.3, 0.4) is 0 Å². The molecule has 122 valence electrons. The number of hydrogen-bond donors (Lipinski definition) is 2. The maximum atomic E-state index is 12.0. The molecule has 1 aliphatic carbocycles. The first-order chi connectivity index (χ1) is 10.1. The third-order valence-corrected chi connectivity index (χ3v) is 6.57. The summed E-state index contributed by atoms with van der Waals surface area (Å²) < 4.78 is 5.61. The maximum absolute atomic E-state index is 12.0. The number of hydrogen-bond acceptors (Lipinski definition) is 4. The Morgan fingerprint density at radius 1 is 1.48 bits per heavy atom. The number of nitrogens with two attached hydrogens (primary N) is 1. The second kappa shape index (κ2) is 7.84. The molecule has 1 saturated carbocycles. The third kappa shape index (κ3) is 3.93. The molecule has 5 heteroatoms. The summed E-state index contributed by atoms with van der Waals surface area (Å²) in [7, 11) is 0. The van der Waals surface area contributed by atoms with Gasteiger partial charge < -0.3 is 15.8 Å². The van der Waals surface area contributed by atoms with Crippen LogP contribution in [0, 0.1) is 5.92 Å². The lowest BCUT2D eigenvalue weighted by atomic mass is 9.84. The molecule has 0 aromatic heterocycles. The first-order valence-corrected chi connectivity index (χ1v) is 9.43. The Hall–Kier alpha value is -0.260. The van der Waals surface area contributed by atoms with E-state index in [0.29, 0.717) is 17.3 Å². The molecular formula is C16H30N2O2S. The van der Waals surface area contributed by atoms with Crippen molar-refractivity contribution in [3.05, 3.63) is 0 Å². The molecule has 4 nitrogen and oxygen atoms in total. The van der Waals surface area contributed by atoms with Crippen LogP contribution >= 0.6 is 11.8 Å². The number of amides is 1. The molecule has 4 unspecified atom stereocenters. The van der Waals surface area contributed by atoms with Gasteiger partial charge in [-0.05, 0) is 57.2 Å². The quantitative estimate of drug-likeness (QED) is 0.721. The number of primary amides is 1. The van der Waals surface area contributed by atoms with Gasteiger partial charge >= 0.3 is 0 Å². The largest absolute Gasteiger partial charge is 0.377 e. The smallest absolute Gasteiger partial charge is 0.238 e. The van der Waals surface area contributed by atoms with Gasteiger partial charge in [-0.25, -0.2) is 0 Å². The van der Waals surface area contributed by atoms with Crippen LogP contribution in [0.4, 0.5) is 0 Å². The normalized spacial score (nSPS) is 36.2. The minimum Gasteiger partial charge on any atom is -0.377 e. The van der Waals surface area contributed by atoms with Gasteiger partial charge in [0.1, 0.15) is 5.54 Å². The Morgan fingerprint density at radius 2 is 2.29 bits per heavy atom. The zero-order valence-electron chi connectivity index (χ0n) is 13.4. The fourth-order valence-electron chi connectivity index (χ4n) is 3.75. The predicted molar refractivity (Wildman–Crippen MR) is 88.5 cm³/mol. The number of rotatable bonds is 8. The summed E-state index contributed by atoms with van der Waals surface area (Å²) in [6.45, 7) is 6.06. The van der Waals surface area contributed by atoms with Crippen LogP contribution in [0.1, 0.15) is 52.4 Å². The minimum atomic E-state index is -0.450. The summed E-state index contributed by atoms with van der Waals surface area (Å²) in [5.41, 5.74) is 5.30. The first-order valence-electron chi connectivity index (χ1n) is 8.38. The van der Waals surface area contributed by atoms with Crippen LogP contribution in [0.2, 0.25) is 0 Å². The topological polar surface area (TPSA) is 64.3 Å². The van der Waals surface area contributed by atoms with Gasteiger partial charge in [-0.3, -0.25) is 4.79 Å². The molecule has 1 saturated heterocycles. The predicted octanol–water partition coefficient (Wildman–Crippen LogP) is 2.31. The van der Waals surface area contributed by atoms with Gasteiger partial charge in [0.15, 0.2) is 0 Å². The molecule has 3 N–H and O–H groups in total. The van der Waals surface area contributed by atoms with Crippen molar-refractivity contribution < 1.29 is 9.53 Å². The number of nitrogens with one attached hydrogen (secondary N) is 1. The van der Waals surface area contributed by atoms with Gasteiger partial charge in [0.2, 0.25) is 5.91 Å². The summed E-state index contributed by atoms with van der Waals surface area (Å²) in [4.78, 5) is 12.0. The fraction of sp³-hybridized carbons (Fsp3) is 0.938. The van der Waals surface area contributed by atoms with E-state index in [1.807, 2.05) is 11.8 Å². The molecule has 0 spiro atoms. The zero-order valence-corrected chi connectivity index (χ0v) is 14.2. The second-order valence-electron chi connectivity index (χ2n) is 6.41. The fourth-order valence-corrected chi connectivity index (χ4v) is 5.09. The Bertz CT molecular complexity index is 353. The van der Waals surface area contributed by atoms with Crippen LogP contribution in [0.15, 0.2) is 0 Å². The van der Waals surface area contributed by atoms with Crippen LogP contribution in [0.5, 0.6) is 0 Å². The number of thioether (sulfide) groups is 1. The first kappa shape index (κ1) is 17.1. The highest BCUT2D eigenvalue weighted by Crippen LogP contribution is 2.39. The SMILES string of the molecule is CCCNC1(C(N)=O)CCCC1CCSC1CCOC1C. The highest BCUT2D eigenvalue weighted by atomic mass is 32.2. The molecule has 21 heavy (non-hydrogen) atoms. The van der Waals surface area contributed by atoms with Crippen LogP contribution < -0.4 is 11.1 Å². The van der Waals surface area contributed by atoms with Crippen LogP contribution in [-0.2, 0) is 9.53 Å². The highest BCUT2D eigenvalue weighted by Gasteiger charge is 2.46. The standard InChI is InChI=1S/C16H30N2O2S/c1-3-9-18-16(15(17)19)8-4-5-13(16)7-11-21-14-6-10-20-12(14)2/h12-14,18H,3-11H2,1-2H3,(H2,17,19). The Morgan fingerprint density at radius 3 is 2.90 bits per heavy atom. The molecule has 2 fully saturated rings. The third-order valence-electron chi connectivity index (χ3n) is 5.06. The van der Waals surface area contributed by atoms with Gasteiger partial charge in [-0.1, -0.05) is 13.3 Å². The summed E-state index contributed by atoms with van der Waals surface area (Å²) >= 11 is 2.01. The molecule has 0 radical (unpaired) electrons. The van der Waals surface area contributed by atoms with Gasteiger partial charge in [0.05, 0.1) is 6.10 Å². The monoisotopic (exact) mass is 314 g/mol. The van der Waals surface area contributed by atoms with E-state index in [1.165, 1.54) is 0 Å². The van der Waals surface area contributed by atoms with Crippen molar-refractivity contribution in [1.29, 1.82) is 0 Å². The number of ether oxygens (including phenoxy) is 1. The molecule has 2 aliphatic rings. The van der Waals surface area contributed by atoms with E-state index >= 15 is 0 Å². The van der Waals surface area contributed by atoms with Crippen molar-refractivity contribution in [1.82, 2.24) is 5.32 Å². The second-order valence-corrected chi connectivity index (χ2v) is 7.76. The van der Waals surface area contributed by atoms with Crippen molar-refractivity contribution in [2.45, 2.75) is 69.3 Å². The maximum Gasteiger partial charge on any atom is 0.238 e. The van der Waals surface area contributed by atoms with Gasteiger partial charge in [0.25, 0.3) is 0 Å². The summed E-state index contributed by atoms with van der Waals surface area (Å²) in [5.74, 6) is 1.35. The lowest BCUT2D eigenvalue weighted by Crippen LogP contribution is -2.58. The Labute approximate surface area is 132 Å². The van der Waals surface area contributed by atoms with E-state index in [0.717, 1.165) is 57.4 Å². The van der Waals surface area contributed by atoms with E-state index in [4.69, 9.17) is 10.5 Å². The van der Waals surface area contributed by atoms with Crippen molar-refractivity contribution in [2.24, 2.45) is 11.7 Å². The molecule has 1 heterocycles. The molecular weight excluding hydrogens is 284 g/mol.